The molecule has 0 fully saturated rings. The van der Waals surface area contributed by atoms with Gasteiger partial charge in [0.05, 0.1) is 0 Å². The van der Waals surface area contributed by atoms with Crippen molar-refractivity contribution in [2.24, 2.45) is 0 Å². The van der Waals surface area contributed by atoms with Crippen molar-refractivity contribution in [3.05, 3.63) is 34.6 Å². The summed E-state index contributed by atoms with van der Waals surface area (Å²) in [5.41, 5.74) is 2.45. The molecule has 0 saturated carbocycles. The first-order chi connectivity index (χ1) is 8.22. The molecule has 0 spiro atoms. The van der Waals surface area contributed by atoms with Crippen LogP contribution in [0.2, 0.25) is 0 Å². The molecule has 0 atom stereocenters. The highest BCUT2D eigenvalue weighted by Crippen LogP contribution is 2.25. The first kappa shape index (κ1) is 12.3. The molecule has 92 valence electrons. The zero-order chi connectivity index (χ0) is 12.3. The van der Waals surface area contributed by atoms with Crippen molar-refractivity contribution in [1.29, 1.82) is 0 Å². The van der Waals surface area contributed by atoms with Crippen LogP contribution in [0.15, 0.2) is 12.1 Å². The number of hydrogen-bond acceptors (Lipinski definition) is 1. The minimum atomic E-state index is -0.179. The lowest BCUT2D eigenvalue weighted by Gasteiger charge is -2.17. The molecule has 0 aromatic heterocycles. The summed E-state index contributed by atoms with van der Waals surface area (Å²) < 4.78 is 13.9. The maximum absolute atomic E-state index is 13.9. The summed E-state index contributed by atoms with van der Waals surface area (Å²) in [5, 5.41) is 0. The third kappa shape index (κ3) is 2.74. The smallest absolute Gasteiger partial charge is 0.162 e. The number of carbonyl (C=O) groups excluding carboxylic acids is 1. The second-order valence-electron chi connectivity index (χ2n) is 4.83. The normalized spacial score (nSPS) is 14.5. The van der Waals surface area contributed by atoms with Gasteiger partial charge in [-0.2, -0.15) is 0 Å². The van der Waals surface area contributed by atoms with E-state index >= 15 is 0 Å². The van der Waals surface area contributed by atoms with Gasteiger partial charge >= 0.3 is 0 Å². The molecule has 0 saturated heterocycles. The summed E-state index contributed by atoms with van der Waals surface area (Å²) in [4.78, 5) is 11.9. The number of benzene rings is 1. The molecule has 2 rings (SSSR count). The second kappa shape index (κ2) is 5.44. The molecule has 1 aliphatic rings. The van der Waals surface area contributed by atoms with Gasteiger partial charge in [0.15, 0.2) is 5.78 Å². The quantitative estimate of drug-likeness (QED) is 0.717. The Morgan fingerprint density at radius 2 is 2.06 bits per heavy atom. The van der Waals surface area contributed by atoms with E-state index in [1.165, 1.54) is 6.07 Å². The minimum Gasteiger partial charge on any atom is -0.294 e. The van der Waals surface area contributed by atoms with Crippen LogP contribution in [0.1, 0.15) is 60.5 Å². The Labute approximate surface area is 102 Å². The van der Waals surface area contributed by atoms with E-state index in [9.17, 15) is 9.18 Å². The molecule has 0 aliphatic heterocycles. The van der Waals surface area contributed by atoms with Crippen molar-refractivity contribution in [3.8, 4) is 0 Å². The van der Waals surface area contributed by atoms with Crippen LogP contribution in [-0.4, -0.2) is 5.78 Å². The summed E-state index contributed by atoms with van der Waals surface area (Å²) >= 11 is 0. The number of fused-ring (bicyclic) bond motifs is 1. The molecule has 1 aliphatic carbocycles. The third-order valence-corrected chi connectivity index (χ3v) is 3.49. The second-order valence-corrected chi connectivity index (χ2v) is 4.83. The Morgan fingerprint density at radius 1 is 1.29 bits per heavy atom. The summed E-state index contributed by atoms with van der Waals surface area (Å²) in [6, 6.07) is 3.34. The average Bonchev–Trinajstić information content (AvgIpc) is 2.36. The average molecular weight is 234 g/mol. The third-order valence-electron chi connectivity index (χ3n) is 3.49. The highest BCUT2D eigenvalue weighted by molar-refractivity contribution is 5.96. The van der Waals surface area contributed by atoms with Crippen molar-refractivity contribution in [3.63, 3.8) is 0 Å². The van der Waals surface area contributed by atoms with Gasteiger partial charge in [-0.15, -0.1) is 0 Å². The molecule has 0 bridgehead atoms. The molecule has 0 heterocycles. The van der Waals surface area contributed by atoms with Crippen molar-refractivity contribution >= 4 is 5.78 Å². The maximum Gasteiger partial charge on any atom is 0.162 e. The van der Waals surface area contributed by atoms with Gasteiger partial charge in [-0.05, 0) is 55.4 Å². The Balaban J connectivity index is 2.24. The van der Waals surface area contributed by atoms with Crippen molar-refractivity contribution < 1.29 is 9.18 Å². The van der Waals surface area contributed by atoms with Gasteiger partial charge in [0.25, 0.3) is 0 Å². The van der Waals surface area contributed by atoms with E-state index in [1.807, 2.05) is 6.07 Å². The number of Topliss-reactive ketones (excluding diaryl/α,β-unsaturated/α-hetero) is 1. The number of carbonyl (C=O) groups is 1. The first-order valence-electron chi connectivity index (χ1n) is 6.57. The molecule has 1 aromatic rings. The summed E-state index contributed by atoms with van der Waals surface area (Å²) in [7, 11) is 0. The van der Waals surface area contributed by atoms with E-state index < -0.39 is 0 Å². The fourth-order valence-corrected chi connectivity index (χ4v) is 2.46. The fraction of sp³-hybridized carbons (Fsp3) is 0.533. The van der Waals surface area contributed by atoms with Gasteiger partial charge in [-0.25, -0.2) is 4.39 Å². The molecular formula is C15H19FO. The van der Waals surface area contributed by atoms with Gasteiger partial charge in [0.1, 0.15) is 5.82 Å². The van der Waals surface area contributed by atoms with Crippen molar-refractivity contribution in [2.45, 2.75) is 51.9 Å². The summed E-state index contributed by atoms with van der Waals surface area (Å²) in [6.07, 6.45) is 6.34. The number of unbranched alkanes of at least 4 members (excludes halogenated alkanes) is 1. The van der Waals surface area contributed by atoms with E-state index in [4.69, 9.17) is 0 Å². The van der Waals surface area contributed by atoms with Crippen LogP contribution in [0.5, 0.6) is 0 Å². The highest BCUT2D eigenvalue weighted by Gasteiger charge is 2.17. The van der Waals surface area contributed by atoms with Crippen LogP contribution in [-0.2, 0) is 12.8 Å². The van der Waals surface area contributed by atoms with Crippen LogP contribution < -0.4 is 0 Å². The fourth-order valence-electron chi connectivity index (χ4n) is 2.46. The topological polar surface area (TPSA) is 17.1 Å². The largest absolute Gasteiger partial charge is 0.294 e. The van der Waals surface area contributed by atoms with Crippen LogP contribution in [0.4, 0.5) is 4.39 Å². The van der Waals surface area contributed by atoms with Crippen molar-refractivity contribution in [1.82, 2.24) is 0 Å². The monoisotopic (exact) mass is 234 g/mol. The zero-order valence-corrected chi connectivity index (χ0v) is 10.4. The van der Waals surface area contributed by atoms with Gasteiger partial charge in [-0.3, -0.25) is 4.79 Å². The van der Waals surface area contributed by atoms with Gasteiger partial charge in [0, 0.05) is 12.0 Å². The number of hydrogen-bond donors (Lipinski definition) is 0. The van der Waals surface area contributed by atoms with E-state index in [1.54, 1.807) is 0 Å². The van der Waals surface area contributed by atoms with Gasteiger partial charge < -0.3 is 0 Å². The molecule has 1 aromatic carbocycles. The number of rotatable bonds is 4. The Hall–Kier alpha value is -1.18. The maximum atomic E-state index is 13.9. The van der Waals surface area contributed by atoms with E-state index in [2.05, 4.69) is 6.92 Å². The number of ketones is 1. The molecule has 0 amide bonds. The van der Waals surface area contributed by atoms with Crippen molar-refractivity contribution in [2.75, 3.05) is 0 Å². The number of halogens is 1. The minimum absolute atomic E-state index is 0.0825. The van der Waals surface area contributed by atoms with Gasteiger partial charge in [-0.1, -0.05) is 13.3 Å². The lowest BCUT2D eigenvalue weighted by molar-refractivity contribution is 0.0979. The Kier molecular flexibility index (Phi) is 3.93. The van der Waals surface area contributed by atoms with E-state index in [-0.39, 0.29) is 11.6 Å². The summed E-state index contributed by atoms with van der Waals surface area (Å²) in [6.45, 7) is 2.06. The van der Waals surface area contributed by atoms with Crippen LogP contribution in [0.3, 0.4) is 0 Å². The molecular weight excluding hydrogens is 215 g/mol. The highest BCUT2D eigenvalue weighted by atomic mass is 19.1. The van der Waals surface area contributed by atoms with Crippen LogP contribution >= 0.6 is 0 Å². The predicted octanol–water partition coefficient (Wildman–Crippen LogP) is 4.08. The van der Waals surface area contributed by atoms with E-state index in [0.717, 1.165) is 49.7 Å². The molecule has 2 heteroatoms. The molecule has 1 nitrogen and oxygen atoms in total. The molecule has 0 unspecified atom stereocenters. The molecule has 17 heavy (non-hydrogen) atoms. The lowest BCUT2D eigenvalue weighted by Crippen LogP contribution is -2.09. The molecule has 0 N–H and O–H groups in total. The predicted molar refractivity (Wildman–Crippen MR) is 66.9 cm³/mol. The lowest BCUT2D eigenvalue weighted by atomic mass is 9.89. The Morgan fingerprint density at radius 3 is 2.82 bits per heavy atom. The number of aryl methyl sites for hydroxylation is 1. The van der Waals surface area contributed by atoms with E-state index in [0.29, 0.717) is 12.0 Å². The van der Waals surface area contributed by atoms with Crippen LogP contribution in [0, 0.1) is 5.82 Å². The van der Waals surface area contributed by atoms with Crippen LogP contribution in [0.25, 0.3) is 0 Å². The SMILES string of the molecule is CCCCC(=O)c1cc(F)c2c(c1)CCCC2. The zero-order valence-electron chi connectivity index (χ0n) is 10.4. The van der Waals surface area contributed by atoms with Gasteiger partial charge in [0.2, 0.25) is 0 Å². The summed E-state index contributed by atoms with van der Waals surface area (Å²) in [5.74, 6) is -0.0961. The molecule has 0 radical (unpaired) electrons. The Bertz CT molecular complexity index is 423. The first-order valence-corrected chi connectivity index (χ1v) is 6.57. The standard InChI is InChI=1S/C15H19FO/c1-2-3-8-15(17)12-9-11-6-4-5-7-13(11)14(16)10-12/h9-10H,2-8H2,1H3.